The molecule has 0 radical (unpaired) electrons. The van der Waals surface area contributed by atoms with Crippen molar-refractivity contribution < 1.29 is 0 Å². The fourth-order valence-corrected chi connectivity index (χ4v) is 2.11. The molecule has 0 spiro atoms. The van der Waals surface area contributed by atoms with Crippen molar-refractivity contribution in [3.63, 3.8) is 0 Å². The Morgan fingerprint density at radius 2 is 1.64 bits per heavy atom. The molecule has 0 aliphatic heterocycles. The van der Waals surface area contributed by atoms with Gasteiger partial charge in [-0.25, -0.2) is 9.97 Å². The molecule has 5 heteroatoms. The molecule has 0 fully saturated rings. The summed E-state index contributed by atoms with van der Waals surface area (Å²) in [7, 11) is 0. The standard InChI is InChI=1S/C17H17N5/c1-12-5-2-3-8-15(12)22-17-10-16(19-11-20-17)21-14-7-4-6-13(18)9-14/h2-11H,18H2,1H3,(H2,19,20,21,22). The van der Waals surface area contributed by atoms with Crippen LogP contribution in [0.15, 0.2) is 60.9 Å². The molecule has 0 aliphatic carbocycles. The van der Waals surface area contributed by atoms with Crippen molar-refractivity contribution in [2.45, 2.75) is 6.92 Å². The number of nitrogens with one attached hydrogen (secondary N) is 2. The number of rotatable bonds is 4. The minimum Gasteiger partial charge on any atom is -0.399 e. The lowest BCUT2D eigenvalue weighted by Crippen LogP contribution is -1.99. The zero-order valence-corrected chi connectivity index (χ0v) is 12.2. The molecular weight excluding hydrogens is 274 g/mol. The average Bonchev–Trinajstić information content (AvgIpc) is 2.50. The average molecular weight is 291 g/mol. The van der Waals surface area contributed by atoms with Crippen molar-refractivity contribution in [3.05, 3.63) is 66.5 Å². The summed E-state index contributed by atoms with van der Waals surface area (Å²) in [6, 6.07) is 17.5. The molecule has 0 unspecified atom stereocenters. The van der Waals surface area contributed by atoms with Crippen LogP contribution in [0.3, 0.4) is 0 Å². The molecule has 1 heterocycles. The van der Waals surface area contributed by atoms with Crippen molar-refractivity contribution in [1.82, 2.24) is 9.97 Å². The quantitative estimate of drug-likeness (QED) is 0.636. The summed E-state index contributed by atoms with van der Waals surface area (Å²) in [6.45, 7) is 2.05. The first kappa shape index (κ1) is 13.9. The van der Waals surface area contributed by atoms with E-state index in [-0.39, 0.29) is 0 Å². The summed E-state index contributed by atoms with van der Waals surface area (Å²) in [5.74, 6) is 1.44. The maximum absolute atomic E-state index is 5.78. The van der Waals surface area contributed by atoms with Crippen LogP contribution in [-0.2, 0) is 0 Å². The second-order valence-electron chi connectivity index (χ2n) is 4.98. The summed E-state index contributed by atoms with van der Waals surface area (Å²) in [5.41, 5.74) is 9.55. The maximum atomic E-state index is 5.78. The highest BCUT2D eigenvalue weighted by atomic mass is 15.1. The van der Waals surface area contributed by atoms with Crippen LogP contribution >= 0.6 is 0 Å². The van der Waals surface area contributed by atoms with E-state index in [2.05, 4.69) is 33.6 Å². The number of hydrogen-bond acceptors (Lipinski definition) is 5. The van der Waals surface area contributed by atoms with Gasteiger partial charge in [0.05, 0.1) is 0 Å². The molecule has 1 aromatic heterocycles. The fraction of sp³-hybridized carbons (Fsp3) is 0.0588. The molecular formula is C17H17N5. The van der Waals surface area contributed by atoms with Crippen LogP contribution in [0.4, 0.5) is 28.7 Å². The molecule has 3 rings (SSSR count). The predicted molar refractivity (Wildman–Crippen MR) is 90.6 cm³/mol. The van der Waals surface area contributed by atoms with Gasteiger partial charge in [-0.15, -0.1) is 0 Å². The van der Waals surface area contributed by atoms with Crippen molar-refractivity contribution >= 4 is 28.7 Å². The zero-order valence-electron chi connectivity index (χ0n) is 12.2. The lowest BCUT2D eigenvalue weighted by atomic mass is 10.2. The third-order valence-electron chi connectivity index (χ3n) is 3.23. The monoisotopic (exact) mass is 291 g/mol. The topological polar surface area (TPSA) is 75.9 Å². The number of aromatic nitrogens is 2. The summed E-state index contributed by atoms with van der Waals surface area (Å²) in [6.07, 6.45) is 1.52. The van der Waals surface area contributed by atoms with Crippen LogP contribution in [0.2, 0.25) is 0 Å². The number of anilines is 5. The molecule has 4 N–H and O–H groups in total. The summed E-state index contributed by atoms with van der Waals surface area (Å²) < 4.78 is 0. The first-order valence-electron chi connectivity index (χ1n) is 6.98. The van der Waals surface area contributed by atoms with Gasteiger partial charge < -0.3 is 16.4 Å². The van der Waals surface area contributed by atoms with Gasteiger partial charge in [0.2, 0.25) is 0 Å². The van der Waals surface area contributed by atoms with E-state index in [0.717, 1.165) is 22.8 Å². The second-order valence-corrected chi connectivity index (χ2v) is 4.98. The predicted octanol–water partition coefficient (Wildman–Crippen LogP) is 3.85. The first-order chi connectivity index (χ1) is 10.7. The Bertz CT molecular complexity index is 785. The molecule has 0 saturated carbocycles. The van der Waals surface area contributed by atoms with Crippen molar-refractivity contribution in [1.29, 1.82) is 0 Å². The van der Waals surface area contributed by atoms with E-state index in [1.54, 1.807) is 0 Å². The summed E-state index contributed by atoms with van der Waals surface area (Å²) in [4.78, 5) is 8.47. The molecule has 0 bridgehead atoms. The van der Waals surface area contributed by atoms with E-state index in [9.17, 15) is 0 Å². The van der Waals surface area contributed by atoms with E-state index < -0.39 is 0 Å². The van der Waals surface area contributed by atoms with Crippen molar-refractivity contribution in [2.24, 2.45) is 0 Å². The number of aryl methyl sites for hydroxylation is 1. The Hall–Kier alpha value is -3.08. The minimum atomic E-state index is 0.705. The molecule has 3 aromatic rings. The lowest BCUT2D eigenvalue weighted by Gasteiger charge is -2.10. The molecule has 2 aromatic carbocycles. The normalized spacial score (nSPS) is 10.2. The van der Waals surface area contributed by atoms with E-state index in [1.807, 2.05) is 48.5 Å². The van der Waals surface area contributed by atoms with Gasteiger partial charge in [0.1, 0.15) is 18.0 Å². The van der Waals surface area contributed by atoms with E-state index in [4.69, 9.17) is 5.73 Å². The first-order valence-corrected chi connectivity index (χ1v) is 6.98. The smallest absolute Gasteiger partial charge is 0.135 e. The van der Waals surface area contributed by atoms with Crippen LogP contribution in [0.5, 0.6) is 0 Å². The number of para-hydroxylation sites is 1. The van der Waals surface area contributed by atoms with E-state index in [0.29, 0.717) is 11.5 Å². The molecule has 22 heavy (non-hydrogen) atoms. The van der Waals surface area contributed by atoms with E-state index >= 15 is 0 Å². The van der Waals surface area contributed by atoms with Gasteiger partial charge in [0.15, 0.2) is 0 Å². The van der Waals surface area contributed by atoms with Gasteiger partial charge >= 0.3 is 0 Å². The molecule has 0 atom stereocenters. The van der Waals surface area contributed by atoms with Gasteiger partial charge in [0, 0.05) is 23.1 Å². The van der Waals surface area contributed by atoms with Crippen LogP contribution < -0.4 is 16.4 Å². The number of hydrogen-bond donors (Lipinski definition) is 3. The lowest BCUT2D eigenvalue weighted by molar-refractivity contribution is 1.16. The van der Waals surface area contributed by atoms with Gasteiger partial charge in [-0.3, -0.25) is 0 Å². The summed E-state index contributed by atoms with van der Waals surface area (Å²) >= 11 is 0. The van der Waals surface area contributed by atoms with Crippen molar-refractivity contribution in [2.75, 3.05) is 16.4 Å². The largest absolute Gasteiger partial charge is 0.399 e. The fourth-order valence-electron chi connectivity index (χ4n) is 2.11. The summed E-state index contributed by atoms with van der Waals surface area (Å²) in [5, 5.41) is 6.51. The van der Waals surface area contributed by atoms with Crippen LogP contribution in [0.25, 0.3) is 0 Å². The molecule has 0 amide bonds. The maximum Gasteiger partial charge on any atom is 0.135 e. The van der Waals surface area contributed by atoms with Gasteiger partial charge in [-0.2, -0.15) is 0 Å². The highest BCUT2D eigenvalue weighted by Crippen LogP contribution is 2.22. The number of nitrogens with two attached hydrogens (primary N) is 1. The minimum absolute atomic E-state index is 0.705. The number of benzene rings is 2. The number of nitrogen functional groups attached to an aromatic ring is 1. The SMILES string of the molecule is Cc1ccccc1Nc1cc(Nc2cccc(N)c2)ncn1. The Kier molecular flexibility index (Phi) is 3.87. The molecule has 110 valence electrons. The molecule has 0 aliphatic rings. The number of nitrogens with zero attached hydrogens (tertiary/aromatic N) is 2. The van der Waals surface area contributed by atoms with Gasteiger partial charge in [0.25, 0.3) is 0 Å². The van der Waals surface area contributed by atoms with Crippen LogP contribution in [0.1, 0.15) is 5.56 Å². The molecule has 0 saturated heterocycles. The third kappa shape index (κ3) is 3.32. The van der Waals surface area contributed by atoms with Gasteiger partial charge in [-0.05, 0) is 36.8 Å². The van der Waals surface area contributed by atoms with Crippen molar-refractivity contribution in [3.8, 4) is 0 Å². The Balaban J connectivity index is 1.79. The van der Waals surface area contributed by atoms with Crippen LogP contribution in [-0.4, -0.2) is 9.97 Å². The third-order valence-corrected chi connectivity index (χ3v) is 3.23. The highest BCUT2D eigenvalue weighted by Gasteiger charge is 2.02. The van der Waals surface area contributed by atoms with Gasteiger partial charge in [-0.1, -0.05) is 24.3 Å². The van der Waals surface area contributed by atoms with Crippen LogP contribution in [0, 0.1) is 6.92 Å². The van der Waals surface area contributed by atoms with E-state index in [1.165, 1.54) is 6.33 Å². The highest BCUT2D eigenvalue weighted by molar-refractivity contribution is 5.66. The molecule has 5 nitrogen and oxygen atoms in total. The zero-order chi connectivity index (χ0) is 15.4. The second kappa shape index (κ2) is 6.13. The Morgan fingerprint density at radius 1 is 0.864 bits per heavy atom. The Morgan fingerprint density at radius 3 is 2.41 bits per heavy atom. The Labute approximate surface area is 129 Å².